The third-order valence-electron chi connectivity index (χ3n) is 2.53. The van der Waals surface area contributed by atoms with E-state index >= 15 is 0 Å². The molecule has 0 aliphatic rings. The summed E-state index contributed by atoms with van der Waals surface area (Å²) in [5.41, 5.74) is 1.26. The summed E-state index contributed by atoms with van der Waals surface area (Å²) in [4.78, 5) is 8.25. The molecule has 1 atom stereocenters. The summed E-state index contributed by atoms with van der Waals surface area (Å²) in [5.74, 6) is 0.879. The van der Waals surface area contributed by atoms with Crippen molar-refractivity contribution in [1.82, 2.24) is 0 Å². The van der Waals surface area contributed by atoms with Gasteiger partial charge in [-0.15, -0.1) is 0 Å². The zero-order chi connectivity index (χ0) is 14.9. The van der Waals surface area contributed by atoms with Gasteiger partial charge in [0.15, 0.2) is 0 Å². The van der Waals surface area contributed by atoms with Crippen molar-refractivity contribution < 1.29 is 24.2 Å². The molecule has 1 rings (SSSR count). The largest absolute Gasteiger partial charge is 0.554 e. The zero-order valence-corrected chi connectivity index (χ0v) is 12.0. The van der Waals surface area contributed by atoms with Crippen LogP contribution in [0.2, 0.25) is 0 Å². The molecule has 0 bridgehead atoms. The molecule has 0 aromatic heterocycles. The van der Waals surface area contributed by atoms with Crippen LogP contribution in [-0.4, -0.2) is 49.9 Å². The molecule has 0 fully saturated rings. The molecule has 0 spiro atoms. The van der Waals surface area contributed by atoms with Gasteiger partial charge in [-0.05, 0) is 31.2 Å². The zero-order valence-electron chi connectivity index (χ0n) is 12.0. The van der Waals surface area contributed by atoms with Crippen LogP contribution in [0.5, 0.6) is 5.75 Å². The molecule has 108 valence electrons. The lowest BCUT2D eigenvalue weighted by atomic mass is 10.2. The minimum Gasteiger partial charge on any atom is -0.554 e. The van der Waals surface area contributed by atoms with Crippen LogP contribution < -0.4 is 9.84 Å². The number of quaternary nitrogens is 1. The topological polar surface area (TPSA) is 69.6 Å². The number of rotatable bonds is 5. The van der Waals surface area contributed by atoms with E-state index < -0.39 is 6.47 Å². The van der Waals surface area contributed by atoms with E-state index in [9.17, 15) is 5.11 Å². The van der Waals surface area contributed by atoms with Gasteiger partial charge in [0.05, 0.1) is 21.2 Å². The lowest BCUT2D eigenvalue weighted by molar-refractivity contribution is -0.906. The van der Waals surface area contributed by atoms with Gasteiger partial charge >= 0.3 is 0 Å². The average Bonchev–Trinajstić information content (AvgIpc) is 2.28. The number of aliphatic hydroxyl groups excluding tert-OH is 1. The Bertz CT molecular complexity index is 360. The first-order valence-electron chi connectivity index (χ1n) is 6.03. The summed E-state index contributed by atoms with van der Waals surface area (Å²) in [6, 6.07) is 8.08. The highest BCUT2D eigenvalue weighted by molar-refractivity contribution is 5.29. The van der Waals surface area contributed by atoms with Crippen LogP contribution in [0.15, 0.2) is 24.3 Å². The number of ether oxygens (including phenoxy) is 1. The third-order valence-corrected chi connectivity index (χ3v) is 2.53. The Kier molecular flexibility index (Phi) is 7.79. The van der Waals surface area contributed by atoms with Crippen LogP contribution in [-0.2, 0) is 11.3 Å². The number of benzene rings is 1. The van der Waals surface area contributed by atoms with Crippen LogP contribution in [0, 0.1) is 0 Å². The number of nitrogens with zero attached hydrogens (tertiary/aromatic N) is 1. The summed E-state index contributed by atoms with van der Waals surface area (Å²) < 4.78 is 5.90. The molecule has 0 aliphatic carbocycles. The van der Waals surface area contributed by atoms with Crippen LogP contribution in [0.4, 0.5) is 0 Å². The molecule has 0 saturated carbocycles. The van der Waals surface area contributed by atoms with Crippen molar-refractivity contribution in [2.24, 2.45) is 0 Å². The Balaban J connectivity index is 0.000000982. The SMILES string of the molecule is COc1ccc(C[N+](C)(C)CC(C)O)cc1.O=C[O-]. The predicted molar refractivity (Wildman–Crippen MR) is 71.4 cm³/mol. The van der Waals surface area contributed by atoms with Gasteiger partial charge < -0.3 is 24.2 Å². The Labute approximate surface area is 114 Å². The number of hydrogen-bond donors (Lipinski definition) is 1. The minimum atomic E-state index is -0.500. The summed E-state index contributed by atoms with van der Waals surface area (Å²) >= 11 is 0. The van der Waals surface area contributed by atoms with Crippen molar-refractivity contribution in [3.63, 3.8) is 0 Å². The molecule has 0 heterocycles. The van der Waals surface area contributed by atoms with E-state index in [1.165, 1.54) is 5.56 Å². The van der Waals surface area contributed by atoms with Gasteiger partial charge in [0.2, 0.25) is 0 Å². The number of carbonyl (C=O) groups excluding carboxylic acids is 1. The van der Waals surface area contributed by atoms with Gasteiger partial charge in [-0.3, -0.25) is 0 Å². The van der Waals surface area contributed by atoms with Gasteiger partial charge in [0.25, 0.3) is 0 Å². The van der Waals surface area contributed by atoms with E-state index in [4.69, 9.17) is 14.6 Å². The number of likely N-dealkylation sites (N-methyl/N-ethyl adjacent to an activating group) is 1. The number of aliphatic hydroxyl groups is 1. The Morgan fingerprint density at radius 3 is 2.21 bits per heavy atom. The maximum Gasteiger partial charge on any atom is 0.118 e. The van der Waals surface area contributed by atoms with E-state index in [-0.39, 0.29) is 6.10 Å². The summed E-state index contributed by atoms with van der Waals surface area (Å²) in [7, 11) is 5.91. The molecule has 0 saturated heterocycles. The average molecular weight is 269 g/mol. The predicted octanol–water partition coefficient (Wildman–Crippen LogP) is 0.0185. The van der Waals surface area contributed by atoms with Crippen LogP contribution >= 0.6 is 0 Å². The highest BCUT2D eigenvalue weighted by Gasteiger charge is 2.18. The minimum absolute atomic E-state index is 0.270. The van der Waals surface area contributed by atoms with Gasteiger partial charge in [0, 0.05) is 12.0 Å². The molecule has 1 N–H and O–H groups in total. The molecule has 0 amide bonds. The highest BCUT2D eigenvalue weighted by Crippen LogP contribution is 2.15. The van der Waals surface area contributed by atoms with Gasteiger partial charge in [-0.25, -0.2) is 0 Å². The second-order valence-corrected chi connectivity index (χ2v) is 5.07. The normalized spacial score (nSPS) is 12.1. The van der Waals surface area contributed by atoms with Gasteiger partial charge in [0.1, 0.15) is 24.9 Å². The number of hydrogen-bond acceptors (Lipinski definition) is 4. The third kappa shape index (κ3) is 8.18. The first-order chi connectivity index (χ1) is 8.84. The van der Waals surface area contributed by atoms with Crippen molar-refractivity contribution in [3.05, 3.63) is 29.8 Å². The summed E-state index contributed by atoms with van der Waals surface area (Å²) in [6.45, 7) is 2.99. The van der Waals surface area contributed by atoms with E-state index in [0.29, 0.717) is 0 Å². The molecule has 0 radical (unpaired) electrons. The molecular weight excluding hydrogens is 246 g/mol. The monoisotopic (exact) mass is 269 g/mol. The summed E-state index contributed by atoms with van der Waals surface area (Å²) in [5, 5.41) is 17.7. The fourth-order valence-electron chi connectivity index (χ4n) is 2.01. The highest BCUT2D eigenvalue weighted by atomic mass is 16.5. The molecule has 5 heteroatoms. The Hall–Kier alpha value is -1.59. The van der Waals surface area contributed by atoms with Crippen LogP contribution in [0.1, 0.15) is 12.5 Å². The second-order valence-electron chi connectivity index (χ2n) is 5.07. The first kappa shape index (κ1) is 17.4. The number of carboxylic acid groups (broad SMARTS) is 1. The maximum atomic E-state index is 9.41. The molecule has 1 unspecified atom stereocenters. The lowest BCUT2D eigenvalue weighted by Gasteiger charge is -2.31. The standard InChI is InChI=1S/C13H22NO2.CH2O2/c1-11(15)9-14(2,3)10-12-5-7-13(16-4)8-6-12;2-1-3/h5-8,11,15H,9-10H2,1-4H3;1H,(H,2,3)/q+1;/p-1. The maximum absolute atomic E-state index is 9.41. The van der Waals surface area contributed by atoms with Crippen molar-refractivity contribution >= 4 is 6.47 Å². The first-order valence-corrected chi connectivity index (χ1v) is 6.03. The van der Waals surface area contributed by atoms with Gasteiger partial charge in [-0.2, -0.15) is 0 Å². The van der Waals surface area contributed by atoms with E-state index in [1.54, 1.807) is 7.11 Å². The summed E-state index contributed by atoms with van der Waals surface area (Å²) in [6.07, 6.45) is -0.270. The van der Waals surface area contributed by atoms with E-state index in [2.05, 4.69) is 26.2 Å². The van der Waals surface area contributed by atoms with Crippen molar-refractivity contribution in [1.29, 1.82) is 0 Å². The van der Waals surface area contributed by atoms with Crippen molar-refractivity contribution in [2.45, 2.75) is 19.6 Å². The molecule has 1 aromatic rings. The van der Waals surface area contributed by atoms with E-state index in [0.717, 1.165) is 23.3 Å². The molecule has 0 aliphatic heterocycles. The van der Waals surface area contributed by atoms with Crippen molar-refractivity contribution in [2.75, 3.05) is 27.7 Å². The smallest absolute Gasteiger partial charge is 0.118 e. The molecule has 5 nitrogen and oxygen atoms in total. The van der Waals surface area contributed by atoms with E-state index in [1.807, 2.05) is 19.1 Å². The molecule has 19 heavy (non-hydrogen) atoms. The fraction of sp³-hybridized carbons (Fsp3) is 0.500. The Morgan fingerprint density at radius 1 is 1.37 bits per heavy atom. The number of methoxy groups -OCH3 is 1. The molecule has 1 aromatic carbocycles. The fourth-order valence-corrected chi connectivity index (χ4v) is 2.01. The van der Waals surface area contributed by atoms with Crippen LogP contribution in [0.3, 0.4) is 0 Å². The number of carbonyl (C=O) groups is 1. The van der Waals surface area contributed by atoms with Crippen molar-refractivity contribution in [3.8, 4) is 5.75 Å². The van der Waals surface area contributed by atoms with Gasteiger partial charge in [-0.1, -0.05) is 0 Å². The molecular formula is C14H23NO4. The Morgan fingerprint density at radius 2 is 1.84 bits per heavy atom. The quantitative estimate of drug-likeness (QED) is 0.604. The lowest BCUT2D eigenvalue weighted by Crippen LogP contribution is -2.43. The van der Waals surface area contributed by atoms with Crippen LogP contribution in [0.25, 0.3) is 0 Å². The second kappa shape index (κ2) is 8.50.